The summed E-state index contributed by atoms with van der Waals surface area (Å²) in [6.45, 7) is 5.24. The van der Waals surface area contributed by atoms with Gasteiger partial charge in [-0.3, -0.25) is 4.79 Å². The molecule has 0 bridgehead atoms. The second kappa shape index (κ2) is 7.43. The Morgan fingerprint density at radius 3 is 2.85 bits per heavy atom. The number of carbonyl (C=O) groups is 1. The fourth-order valence-corrected chi connectivity index (χ4v) is 5.54. The third-order valence-corrected chi connectivity index (χ3v) is 6.88. The molecule has 4 heteroatoms. The topological polar surface area (TPSA) is 23.6 Å². The molecule has 0 radical (unpaired) electrons. The maximum atomic E-state index is 13.1. The molecule has 0 N–H and O–H groups in total. The number of fused-ring (bicyclic) bond motifs is 1. The first-order valence-corrected chi connectivity index (χ1v) is 10.7. The van der Waals surface area contributed by atoms with Crippen molar-refractivity contribution in [3.8, 4) is 0 Å². The quantitative estimate of drug-likeness (QED) is 0.778. The van der Waals surface area contributed by atoms with Gasteiger partial charge in [0, 0.05) is 42.6 Å². The van der Waals surface area contributed by atoms with Gasteiger partial charge in [-0.15, -0.1) is 11.3 Å². The van der Waals surface area contributed by atoms with Gasteiger partial charge >= 0.3 is 0 Å². The average molecular weight is 369 g/mol. The van der Waals surface area contributed by atoms with Gasteiger partial charge in [0.25, 0.3) is 5.91 Å². The third-order valence-electron chi connectivity index (χ3n) is 5.82. The molecule has 1 amide bonds. The van der Waals surface area contributed by atoms with E-state index < -0.39 is 0 Å². The van der Waals surface area contributed by atoms with Crippen LogP contribution in [0.25, 0.3) is 0 Å². The number of carbonyl (C=O) groups excluding carboxylic acids is 1. The molecule has 2 aromatic rings. The molecule has 0 saturated carbocycles. The second-order valence-corrected chi connectivity index (χ2v) is 8.85. The van der Waals surface area contributed by atoms with Crippen LogP contribution in [-0.4, -0.2) is 30.9 Å². The fraction of sp³-hybridized carbons (Fsp3) is 0.500. The molecule has 1 atom stereocenters. The first kappa shape index (κ1) is 17.6. The predicted octanol–water partition coefficient (Wildman–Crippen LogP) is 4.75. The Kier molecular flexibility index (Phi) is 5.03. The summed E-state index contributed by atoms with van der Waals surface area (Å²) in [4.78, 5) is 18.9. The minimum absolute atomic E-state index is 0.174. The van der Waals surface area contributed by atoms with E-state index >= 15 is 0 Å². The van der Waals surface area contributed by atoms with E-state index in [0.717, 1.165) is 37.4 Å². The van der Waals surface area contributed by atoms with Crippen molar-refractivity contribution in [1.29, 1.82) is 0 Å². The van der Waals surface area contributed by atoms with Crippen LogP contribution in [0.5, 0.6) is 0 Å². The Balaban J connectivity index is 1.52. The molecule has 1 aliphatic heterocycles. The molecular formula is C22H28N2OS. The predicted molar refractivity (Wildman–Crippen MR) is 109 cm³/mol. The van der Waals surface area contributed by atoms with Crippen LogP contribution in [0.2, 0.25) is 0 Å². The number of anilines is 1. The molecular weight excluding hydrogens is 340 g/mol. The lowest BCUT2D eigenvalue weighted by Gasteiger charge is -2.25. The summed E-state index contributed by atoms with van der Waals surface area (Å²) in [6.07, 6.45) is 5.92. The Labute approximate surface area is 160 Å². The molecule has 1 aromatic carbocycles. The van der Waals surface area contributed by atoms with E-state index in [2.05, 4.69) is 41.5 Å². The highest BCUT2D eigenvalue weighted by molar-refractivity contribution is 7.10. The summed E-state index contributed by atoms with van der Waals surface area (Å²) in [7, 11) is 1.94. The van der Waals surface area contributed by atoms with E-state index in [1.807, 2.05) is 11.9 Å². The molecule has 1 aromatic heterocycles. The number of hydrogen-bond donors (Lipinski definition) is 0. The van der Waals surface area contributed by atoms with Crippen molar-refractivity contribution >= 4 is 22.9 Å². The number of para-hydroxylation sites is 1. The highest BCUT2D eigenvalue weighted by Crippen LogP contribution is 2.34. The largest absolute Gasteiger partial charge is 0.371 e. The van der Waals surface area contributed by atoms with Gasteiger partial charge in [-0.2, -0.15) is 0 Å². The van der Waals surface area contributed by atoms with Gasteiger partial charge < -0.3 is 9.80 Å². The summed E-state index contributed by atoms with van der Waals surface area (Å²) < 4.78 is 0. The summed E-state index contributed by atoms with van der Waals surface area (Å²) in [6, 6.07) is 8.56. The minimum atomic E-state index is 0.174. The molecule has 1 fully saturated rings. The molecule has 0 spiro atoms. The van der Waals surface area contributed by atoms with Gasteiger partial charge in [0.05, 0.1) is 5.56 Å². The molecule has 2 aliphatic rings. The SMILES string of the molecule is CC1CCc2c(C(=O)N(C)Cc3ccccc3N3CCCC3)csc2C1. The third kappa shape index (κ3) is 3.39. The van der Waals surface area contributed by atoms with Crippen LogP contribution >= 0.6 is 11.3 Å². The molecule has 3 nitrogen and oxygen atoms in total. The van der Waals surface area contributed by atoms with E-state index in [1.54, 1.807) is 11.3 Å². The van der Waals surface area contributed by atoms with Gasteiger partial charge in [-0.05, 0) is 55.2 Å². The van der Waals surface area contributed by atoms with E-state index in [1.165, 1.54) is 41.0 Å². The maximum Gasteiger partial charge on any atom is 0.255 e. The fourth-order valence-electron chi connectivity index (χ4n) is 4.30. The lowest BCUT2D eigenvalue weighted by atomic mass is 9.88. The number of thiophene rings is 1. The van der Waals surface area contributed by atoms with Gasteiger partial charge in [0.15, 0.2) is 0 Å². The number of amides is 1. The highest BCUT2D eigenvalue weighted by Gasteiger charge is 2.25. The summed E-state index contributed by atoms with van der Waals surface area (Å²) in [5.41, 5.74) is 4.81. The van der Waals surface area contributed by atoms with Gasteiger partial charge in [-0.1, -0.05) is 25.1 Å². The second-order valence-electron chi connectivity index (χ2n) is 7.88. The van der Waals surface area contributed by atoms with E-state index in [0.29, 0.717) is 6.54 Å². The van der Waals surface area contributed by atoms with Crippen LogP contribution in [0.15, 0.2) is 29.6 Å². The Bertz CT molecular complexity index is 791. The van der Waals surface area contributed by atoms with Crippen LogP contribution in [0, 0.1) is 5.92 Å². The Morgan fingerprint density at radius 1 is 1.27 bits per heavy atom. The monoisotopic (exact) mass is 368 g/mol. The standard InChI is InChI=1S/C22H28N2OS/c1-16-9-10-18-19(15-26-21(18)13-16)22(25)23(2)14-17-7-3-4-8-20(17)24-11-5-6-12-24/h3-4,7-8,15-16H,5-6,9-14H2,1-2H3. The van der Waals surface area contributed by atoms with Crippen LogP contribution < -0.4 is 4.90 Å². The van der Waals surface area contributed by atoms with Gasteiger partial charge in [-0.25, -0.2) is 0 Å². The zero-order valence-corrected chi connectivity index (χ0v) is 16.6. The van der Waals surface area contributed by atoms with E-state index in [-0.39, 0.29) is 5.91 Å². The normalized spacial score (nSPS) is 19.5. The van der Waals surface area contributed by atoms with E-state index in [9.17, 15) is 4.79 Å². The zero-order chi connectivity index (χ0) is 18.1. The van der Waals surface area contributed by atoms with Crippen LogP contribution in [-0.2, 0) is 19.4 Å². The van der Waals surface area contributed by atoms with Crippen LogP contribution in [0.4, 0.5) is 5.69 Å². The Hall–Kier alpha value is -1.81. The molecule has 2 heterocycles. The Morgan fingerprint density at radius 2 is 2.04 bits per heavy atom. The number of rotatable bonds is 4. The van der Waals surface area contributed by atoms with Gasteiger partial charge in [0.2, 0.25) is 0 Å². The molecule has 4 rings (SSSR count). The van der Waals surface area contributed by atoms with Crippen molar-refractivity contribution in [1.82, 2.24) is 4.90 Å². The zero-order valence-electron chi connectivity index (χ0n) is 15.8. The lowest BCUT2D eigenvalue weighted by Crippen LogP contribution is -2.28. The molecule has 26 heavy (non-hydrogen) atoms. The van der Waals surface area contributed by atoms with Crippen molar-refractivity contribution in [3.05, 3.63) is 51.2 Å². The molecule has 1 unspecified atom stereocenters. The average Bonchev–Trinajstić information content (AvgIpc) is 3.31. The summed E-state index contributed by atoms with van der Waals surface area (Å²) >= 11 is 1.78. The molecule has 138 valence electrons. The van der Waals surface area contributed by atoms with Crippen molar-refractivity contribution < 1.29 is 4.79 Å². The van der Waals surface area contributed by atoms with Crippen molar-refractivity contribution in [2.24, 2.45) is 5.92 Å². The first-order valence-electron chi connectivity index (χ1n) is 9.81. The highest BCUT2D eigenvalue weighted by atomic mass is 32.1. The molecule has 1 aliphatic carbocycles. The maximum absolute atomic E-state index is 13.1. The van der Waals surface area contributed by atoms with E-state index in [4.69, 9.17) is 0 Å². The summed E-state index contributed by atoms with van der Waals surface area (Å²) in [5.74, 6) is 0.919. The number of benzene rings is 1. The van der Waals surface area contributed by atoms with Crippen molar-refractivity contribution in [2.45, 2.75) is 45.6 Å². The minimum Gasteiger partial charge on any atom is -0.371 e. The van der Waals surface area contributed by atoms with Gasteiger partial charge in [0.1, 0.15) is 0 Å². The first-order chi connectivity index (χ1) is 12.6. The lowest BCUT2D eigenvalue weighted by molar-refractivity contribution is 0.0784. The van der Waals surface area contributed by atoms with Crippen molar-refractivity contribution in [2.75, 3.05) is 25.0 Å². The number of nitrogens with zero attached hydrogens (tertiary/aromatic N) is 2. The smallest absolute Gasteiger partial charge is 0.255 e. The van der Waals surface area contributed by atoms with Crippen LogP contribution in [0.1, 0.15) is 52.5 Å². The summed E-state index contributed by atoms with van der Waals surface area (Å²) in [5, 5.41) is 2.09. The number of hydrogen-bond acceptors (Lipinski definition) is 3. The molecule has 1 saturated heterocycles. The van der Waals surface area contributed by atoms with Crippen LogP contribution in [0.3, 0.4) is 0 Å². The van der Waals surface area contributed by atoms with Crippen molar-refractivity contribution in [3.63, 3.8) is 0 Å².